The molecule has 1 N–H and O–H groups in total. The van der Waals surface area contributed by atoms with Crippen molar-refractivity contribution in [3.63, 3.8) is 0 Å². The van der Waals surface area contributed by atoms with Gasteiger partial charge in [-0.2, -0.15) is 0 Å². The van der Waals surface area contributed by atoms with E-state index in [-0.39, 0.29) is 5.91 Å². The SMILES string of the molecule is CC1(C(=O)O)CCN(C(=O)c2cc3c(s2)-c2ccccc2CC3)C1. The van der Waals surface area contributed by atoms with Crippen molar-refractivity contribution in [1.29, 1.82) is 0 Å². The summed E-state index contributed by atoms with van der Waals surface area (Å²) in [5, 5.41) is 9.35. The number of carbonyl (C=O) groups excluding carboxylic acids is 1. The lowest BCUT2D eigenvalue weighted by atomic mass is 9.90. The summed E-state index contributed by atoms with van der Waals surface area (Å²) in [4.78, 5) is 27.8. The molecule has 124 valence electrons. The van der Waals surface area contributed by atoms with Crippen LogP contribution in [0.15, 0.2) is 30.3 Å². The number of thiophene rings is 1. The van der Waals surface area contributed by atoms with Gasteiger partial charge in [0.15, 0.2) is 0 Å². The minimum atomic E-state index is -0.822. The molecule has 1 aromatic heterocycles. The fraction of sp³-hybridized carbons (Fsp3) is 0.368. The molecule has 0 radical (unpaired) electrons. The Morgan fingerprint density at radius 3 is 2.71 bits per heavy atom. The van der Waals surface area contributed by atoms with Crippen molar-refractivity contribution in [1.82, 2.24) is 4.90 Å². The normalized spacial score (nSPS) is 22.1. The molecule has 1 saturated heterocycles. The Balaban J connectivity index is 1.62. The molecule has 1 amide bonds. The second kappa shape index (κ2) is 5.45. The topological polar surface area (TPSA) is 57.6 Å². The van der Waals surface area contributed by atoms with Crippen LogP contribution in [0, 0.1) is 5.41 Å². The predicted molar refractivity (Wildman–Crippen MR) is 93.4 cm³/mol. The molecule has 24 heavy (non-hydrogen) atoms. The van der Waals surface area contributed by atoms with E-state index in [9.17, 15) is 14.7 Å². The van der Waals surface area contributed by atoms with E-state index in [0.717, 1.165) is 17.7 Å². The number of nitrogens with zero attached hydrogens (tertiary/aromatic N) is 1. The quantitative estimate of drug-likeness (QED) is 0.910. The molecule has 0 saturated carbocycles. The largest absolute Gasteiger partial charge is 0.481 e. The van der Waals surface area contributed by atoms with E-state index in [4.69, 9.17) is 0 Å². The zero-order chi connectivity index (χ0) is 16.9. The van der Waals surface area contributed by atoms with Crippen molar-refractivity contribution in [2.75, 3.05) is 13.1 Å². The molecule has 1 atom stereocenters. The van der Waals surface area contributed by atoms with Gasteiger partial charge in [-0.3, -0.25) is 9.59 Å². The number of carbonyl (C=O) groups is 2. The van der Waals surface area contributed by atoms with Crippen LogP contribution >= 0.6 is 11.3 Å². The highest BCUT2D eigenvalue weighted by Gasteiger charge is 2.42. The molecule has 2 aromatic rings. The first-order valence-electron chi connectivity index (χ1n) is 8.22. The molecule has 1 aromatic carbocycles. The molecule has 2 aliphatic rings. The van der Waals surface area contributed by atoms with E-state index < -0.39 is 11.4 Å². The van der Waals surface area contributed by atoms with Crippen molar-refractivity contribution in [2.45, 2.75) is 26.2 Å². The summed E-state index contributed by atoms with van der Waals surface area (Å²) < 4.78 is 0. The lowest BCUT2D eigenvalue weighted by Gasteiger charge is -2.19. The maximum Gasteiger partial charge on any atom is 0.311 e. The van der Waals surface area contributed by atoms with Crippen LogP contribution < -0.4 is 0 Å². The first kappa shape index (κ1) is 15.4. The van der Waals surface area contributed by atoms with E-state index in [1.807, 2.05) is 12.1 Å². The number of amides is 1. The second-order valence-electron chi connectivity index (χ2n) is 6.96. The lowest BCUT2D eigenvalue weighted by molar-refractivity contribution is -0.147. The number of aliphatic carboxylic acids is 1. The van der Waals surface area contributed by atoms with Crippen LogP contribution in [0.25, 0.3) is 10.4 Å². The Labute approximate surface area is 144 Å². The maximum absolute atomic E-state index is 12.8. The highest BCUT2D eigenvalue weighted by molar-refractivity contribution is 7.17. The summed E-state index contributed by atoms with van der Waals surface area (Å²) in [5.74, 6) is -0.853. The number of benzene rings is 1. The number of carboxylic acids is 1. The van der Waals surface area contributed by atoms with Gasteiger partial charge < -0.3 is 10.0 Å². The van der Waals surface area contributed by atoms with Crippen LogP contribution in [0.4, 0.5) is 0 Å². The molecule has 0 spiro atoms. The highest BCUT2D eigenvalue weighted by Crippen LogP contribution is 2.40. The number of rotatable bonds is 2. The van der Waals surface area contributed by atoms with Gasteiger partial charge in [-0.25, -0.2) is 0 Å². The van der Waals surface area contributed by atoms with Gasteiger partial charge in [0.2, 0.25) is 0 Å². The van der Waals surface area contributed by atoms with Gasteiger partial charge in [-0.1, -0.05) is 24.3 Å². The summed E-state index contributed by atoms with van der Waals surface area (Å²) in [6, 6.07) is 10.4. The summed E-state index contributed by atoms with van der Waals surface area (Å²) in [5.41, 5.74) is 2.99. The molecule has 1 unspecified atom stereocenters. The van der Waals surface area contributed by atoms with Gasteiger partial charge in [0, 0.05) is 18.0 Å². The molecule has 2 heterocycles. The summed E-state index contributed by atoms with van der Waals surface area (Å²) in [6.07, 6.45) is 2.49. The predicted octanol–water partition coefficient (Wildman–Crippen LogP) is 3.45. The van der Waals surface area contributed by atoms with Gasteiger partial charge in [0.25, 0.3) is 5.91 Å². The van der Waals surface area contributed by atoms with Crippen LogP contribution in [0.3, 0.4) is 0 Å². The number of aryl methyl sites for hydroxylation is 2. The van der Waals surface area contributed by atoms with Gasteiger partial charge in [-0.05, 0) is 48.9 Å². The Morgan fingerprint density at radius 2 is 1.96 bits per heavy atom. The van der Waals surface area contributed by atoms with E-state index in [2.05, 4.69) is 18.2 Å². The van der Waals surface area contributed by atoms with Crippen molar-refractivity contribution in [2.24, 2.45) is 5.41 Å². The molecule has 5 heteroatoms. The minimum absolute atomic E-state index is 0.0307. The Morgan fingerprint density at radius 1 is 1.21 bits per heavy atom. The third-order valence-corrected chi connectivity index (χ3v) is 6.42. The Kier molecular flexibility index (Phi) is 3.49. The van der Waals surface area contributed by atoms with Crippen LogP contribution in [-0.4, -0.2) is 35.0 Å². The minimum Gasteiger partial charge on any atom is -0.481 e. The number of hydrogen-bond acceptors (Lipinski definition) is 3. The third-order valence-electron chi connectivity index (χ3n) is 5.22. The first-order chi connectivity index (χ1) is 11.5. The smallest absolute Gasteiger partial charge is 0.311 e. The molecule has 0 bridgehead atoms. The number of carboxylic acid groups (broad SMARTS) is 1. The summed E-state index contributed by atoms with van der Waals surface area (Å²) in [7, 11) is 0. The molecule has 4 rings (SSSR count). The van der Waals surface area contributed by atoms with Crippen molar-refractivity contribution in [3.05, 3.63) is 46.3 Å². The van der Waals surface area contributed by atoms with Crippen molar-refractivity contribution < 1.29 is 14.7 Å². The Hall–Kier alpha value is -2.14. The molecular formula is C19H19NO3S. The van der Waals surface area contributed by atoms with Gasteiger partial charge in [0.1, 0.15) is 0 Å². The van der Waals surface area contributed by atoms with Gasteiger partial charge >= 0.3 is 5.97 Å². The van der Waals surface area contributed by atoms with Crippen molar-refractivity contribution >= 4 is 23.2 Å². The van der Waals surface area contributed by atoms with Gasteiger partial charge in [0.05, 0.1) is 10.3 Å². The molecule has 4 nitrogen and oxygen atoms in total. The standard InChI is InChI=1S/C19H19NO3S/c1-19(18(22)23)8-9-20(11-19)17(21)15-10-13-7-6-12-4-2-3-5-14(12)16(13)24-15/h2-5,10H,6-9,11H2,1H3,(H,22,23). The fourth-order valence-corrected chi connectivity index (χ4v) is 4.88. The first-order valence-corrected chi connectivity index (χ1v) is 9.03. The zero-order valence-electron chi connectivity index (χ0n) is 13.5. The number of hydrogen-bond donors (Lipinski definition) is 1. The monoisotopic (exact) mass is 341 g/mol. The van der Waals surface area contributed by atoms with E-state index >= 15 is 0 Å². The number of fused-ring (bicyclic) bond motifs is 3. The average Bonchev–Trinajstić information content (AvgIpc) is 3.19. The second-order valence-corrected chi connectivity index (χ2v) is 8.02. The zero-order valence-corrected chi connectivity index (χ0v) is 14.4. The van der Waals surface area contributed by atoms with Crippen LogP contribution in [0.2, 0.25) is 0 Å². The summed E-state index contributed by atoms with van der Waals surface area (Å²) >= 11 is 1.54. The Bertz CT molecular complexity index is 841. The fourth-order valence-electron chi connectivity index (χ4n) is 3.64. The van der Waals surface area contributed by atoms with Crippen LogP contribution in [0.5, 0.6) is 0 Å². The average molecular weight is 341 g/mol. The maximum atomic E-state index is 12.8. The number of likely N-dealkylation sites (tertiary alicyclic amines) is 1. The molecule has 1 aliphatic carbocycles. The summed E-state index contributed by atoms with van der Waals surface area (Å²) in [6.45, 7) is 2.53. The van der Waals surface area contributed by atoms with E-state index in [1.165, 1.54) is 21.6 Å². The molecule has 1 fully saturated rings. The third kappa shape index (κ3) is 2.35. The van der Waals surface area contributed by atoms with E-state index in [0.29, 0.717) is 19.5 Å². The van der Waals surface area contributed by atoms with Crippen LogP contribution in [0.1, 0.15) is 34.1 Å². The molecular weight excluding hydrogens is 322 g/mol. The van der Waals surface area contributed by atoms with Gasteiger partial charge in [-0.15, -0.1) is 11.3 Å². The van der Waals surface area contributed by atoms with E-state index in [1.54, 1.807) is 23.2 Å². The lowest BCUT2D eigenvalue weighted by Crippen LogP contribution is -2.34. The highest BCUT2D eigenvalue weighted by atomic mass is 32.1. The van der Waals surface area contributed by atoms with Crippen LogP contribution in [-0.2, 0) is 17.6 Å². The van der Waals surface area contributed by atoms with Crippen molar-refractivity contribution in [3.8, 4) is 10.4 Å². The molecule has 1 aliphatic heterocycles.